The van der Waals surface area contributed by atoms with Crippen molar-refractivity contribution in [1.29, 1.82) is 0 Å². The van der Waals surface area contributed by atoms with Crippen LogP contribution in [0.25, 0.3) is 0 Å². The fraction of sp³-hybridized carbons (Fsp3) is 0.571. The summed E-state index contributed by atoms with van der Waals surface area (Å²) >= 11 is 1.71. The number of amides is 1. The van der Waals surface area contributed by atoms with Crippen LogP contribution >= 0.6 is 11.3 Å². The number of hydrogen-bond donors (Lipinski definition) is 0. The van der Waals surface area contributed by atoms with Crippen LogP contribution in [-0.4, -0.2) is 43.6 Å². The molecule has 0 spiro atoms. The highest BCUT2D eigenvalue weighted by atomic mass is 32.1. The number of carbonyl (C=O) groups excluding carboxylic acids is 1. The molecule has 0 aromatic carbocycles. The zero-order valence-electron chi connectivity index (χ0n) is 12.1. The molecule has 2 aromatic rings. The van der Waals surface area contributed by atoms with Gasteiger partial charge in [-0.15, -0.1) is 11.3 Å². The molecule has 6 nitrogen and oxygen atoms in total. The molecule has 1 unspecified atom stereocenters. The third-order valence-corrected chi connectivity index (χ3v) is 4.91. The van der Waals surface area contributed by atoms with Crippen LogP contribution in [0.4, 0.5) is 0 Å². The quantitative estimate of drug-likeness (QED) is 0.864. The van der Waals surface area contributed by atoms with Gasteiger partial charge in [0.25, 0.3) is 0 Å². The third kappa shape index (κ3) is 3.47. The van der Waals surface area contributed by atoms with Crippen LogP contribution in [0.1, 0.15) is 35.9 Å². The van der Waals surface area contributed by atoms with Crippen molar-refractivity contribution in [3.05, 3.63) is 28.7 Å². The van der Waals surface area contributed by atoms with Crippen molar-refractivity contribution >= 4 is 17.2 Å². The van der Waals surface area contributed by atoms with Crippen LogP contribution in [0.3, 0.4) is 0 Å². The van der Waals surface area contributed by atoms with Crippen LogP contribution in [0, 0.1) is 6.92 Å². The van der Waals surface area contributed by atoms with Crippen LogP contribution in [0.2, 0.25) is 0 Å². The number of carbonyl (C=O) groups is 1. The van der Waals surface area contributed by atoms with Gasteiger partial charge in [-0.25, -0.2) is 9.97 Å². The Balaban J connectivity index is 1.56. The summed E-state index contributed by atoms with van der Waals surface area (Å²) in [6.45, 7) is 4.26. The third-order valence-electron chi connectivity index (χ3n) is 3.78. The Hall–Kier alpha value is -1.76. The summed E-state index contributed by atoms with van der Waals surface area (Å²) in [7, 11) is 0. The maximum atomic E-state index is 12.3. The van der Waals surface area contributed by atoms with E-state index in [0.717, 1.165) is 31.6 Å². The smallest absolute Gasteiger partial charge is 0.224 e. The summed E-state index contributed by atoms with van der Waals surface area (Å²) in [6, 6.07) is 0. The van der Waals surface area contributed by atoms with E-state index in [9.17, 15) is 4.79 Å². The zero-order valence-corrected chi connectivity index (χ0v) is 12.9. The zero-order chi connectivity index (χ0) is 14.7. The second-order valence-electron chi connectivity index (χ2n) is 5.41. The lowest BCUT2D eigenvalue weighted by molar-refractivity contribution is -0.132. The molecule has 1 aliphatic rings. The van der Waals surface area contributed by atoms with Gasteiger partial charge in [-0.05, 0) is 19.8 Å². The molecule has 1 amide bonds. The van der Waals surface area contributed by atoms with Gasteiger partial charge in [0.2, 0.25) is 5.91 Å². The SMILES string of the molecule is Cc1csc(C2CCCN(C(=O)CCn3cncn3)C2)n1. The number of thiazole rings is 1. The number of nitrogens with zero attached hydrogens (tertiary/aromatic N) is 5. The molecule has 21 heavy (non-hydrogen) atoms. The van der Waals surface area contributed by atoms with Gasteiger partial charge in [-0.3, -0.25) is 9.48 Å². The number of piperidine rings is 1. The Bertz CT molecular complexity index is 594. The Morgan fingerprint density at radius 3 is 3.14 bits per heavy atom. The van der Waals surface area contributed by atoms with Gasteiger partial charge >= 0.3 is 0 Å². The Labute approximate surface area is 127 Å². The van der Waals surface area contributed by atoms with Crippen LogP contribution in [-0.2, 0) is 11.3 Å². The van der Waals surface area contributed by atoms with Gasteiger partial charge < -0.3 is 4.90 Å². The summed E-state index contributed by atoms with van der Waals surface area (Å²) in [4.78, 5) is 22.8. The van der Waals surface area contributed by atoms with Gasteiger partial charge in [-0.1, -0.05) is 0 Å². The average Bonchev–Trinajstić information content (AvgIpc) is 3.16. The summed E-state index contributed by atoms with van der Waals surface area (Å²) < 4.78 is 1.70. The molecule has 0 saturated carbocycles. The Kier molecular flexibility index (Phi) is 4.28. The number of likely N-dealkylation sites (tertiary alicyclic amines) is 1. The number of aromatic nitrogens is 4. The van der Waals surface area contributed by atoms with Crippen LogP contribution < -0.4 is 0 Å². The molecule has 1 aliphatic heterocycles. The predicted molar refractivity (Wildman–Crippen MR) is 80.0 cm³/mol. The molecule has 0 radical (unpaired) electrons. The number of hydrogen-bond acceptors (Lipinski definition) is 5. The molecule has 0 bridgehead atoms. The van der Waals surface area contributed by atoms with Crippen LogP contribution in [0.5, 0.6) is 0 Å². The van der Waals surface area contributed by atoms with E-state index in [4.69, 9.17) is 0 Å². The van der Waals surface area contributed by atoms with Crippen molar-refractivity contribution in [1.82, 2.24) is 24.6 Å². The molecule has 0 aliphatic carbocycles. The second-order valence-corrected chi connectivity index (χ2v) is 6.30. The minimum absolute atomic E-state index is 0.198. The fourth-order valence-corrected chi connectivity index (χ4v) is 3.61. The lowest BCUT2D eigenvalue weighted by Crippen LogP contribution is -2.39. The lowest BCUT2D eigenvalue weighted by Gasteiger charge is -2.32. The van der Waals surface area contributed by atoms with Crippen molar-refractivity contribution in [2.45, 2.75) is 38.6 Å². The first-order valence-corrected chi connectivity index (χ1v) is 8.12. The molecule has 1 saturated heterocycles. The summed E-state index contributed by atoms with van der Waals surface area (Å²) in [5.41, 5.74) is 1.07. The number of rotatable bonds is 4. The standard InChI is InChI=1S/C14H19N5OS/c1-11-8-21-14(17-11)12-3-2-5-18(7-12)13(20)4-6-19-10-15-9-16-19/h8-10,12H,2-7H2,1H3. The predicted octanol–water partition coefficient (Wildman–Crippen LogP) is 1.84. The van der Waals surface area contributed by atoms with E-state index < -0.39 is 0 Å². The molecular weight excluding hydrogens is 286 g/mol. The molecule has 3 heterocycles. The molecule has 112 valence electrons. The minimum Gasteiger partial charge on any atom is -0.342 e. The van der Waals surface area contributed by atoms with Crippen molar-refractivity contribution in [3.63, 3.8) is 0 Å². The van der Waals surface area contributed by atoms with E-state index in [1.807, 2.05) is 11.8 Å². The maximum Gasteiger partial charge on any atom is 0.224 e. The van der Waals surface area contributed by atoms with Crippen LogP contribution in [0.15, 0.2) is 18.0 Å². The molecular formula is C14H19N5OS. The molecule has 7 heteroatoms. The van der Waals surface area contributed by atoms with E-state index in [2.05, 4.69) is 20.4 Å². The maximum absolute atomic E-state index is 12.3. The molecule has 3 rings (SSSR count). The highest BCUT2D eigenvalue weighted by Gasteiger charge is 2.26. The van der Waals surface area contributed by atoms with Gasteiger partial charge in [0.05, 0.1) is 11.6 Å². The Morgan fingerprint density at radius 1 is 1.52 bits per heavy atom. The van der Waals surface area contributed by atoms with E-state index in [-0.39, 0.29) is 5.91 Å². The minimum atomic E-state index is 0.198. The lowest BCUT2D eigenvalue weighted by atomic mass is 9.98. The highest BCUT2D eigenvalue weighted by Crippen LogP contribution is 2.29. The first-order valence-electron chi connectivity index (χ1n) is 7.24. The normalized spacial score (nSPS) is 18.9. The molecule has 0 N–H and O–H groups in total. The molecule has 2 aromatic heterocycles. The first kappa shape index (κ1) is 14.2. The summed E-state index contributed by atoms with van der Waals surface area (Å²) in [5.74, 6) is 0.594. The molecule has 1 atom stereocenters. The van der Waals surface area contributed by atoms with Crippen molar-refractivity contribution < 1.29 is 4.79 Å². The number of aryl methyl sites for hydroxylation is 2. The second kappa shape index (κ2) is 6.34. The van der Waals surface area contributed by atoms with E-state index in [1.165, 1.54) is 11.3 Å². The monoisotopic (exact) mass is 305 g/mol. The average molecular weight is 305 g/mol. The summed E-state index contributed by atoms with van der Waals surface area (Å²) in [5, 5.41) is 7.28. The van der Waals surface area contributed by atoms with Gasteiger partial charge in [0.15, 0.2) is 0 Å². The van der Waals surface area contributed by atoms with Crippen molar-refractivity contribution in [2.75, 3.05) is 13.1 Å². The van der Waals surface area contributed by atoms with Crippen molar-refractivity contribution in [2.24, 2.45) is 0 Å². The van der Waals surface area contributed by atoms with Gasteiger partial charge in [-0.2, -0.15) is 5.10 Å². The fourth-order valence-electron chi connectivity index (χ4n) is 2.68. The topological polar surface area (TPSA) is 63.9 Å². The Morgan fingerprint density at radius 2 is 2.43 bits per heavy atom. The largest absolute Gasteiger partial charge is 0.342 e. The van der Waals surface area contributed by atoms with E-state index >= 15 is 0 Å². The van der Waals surface area contributed by atoms with E-state index in [1.54, 1.807) is 22.3 Å². The van der Waals surface area contributed by atoms with Gasteiger partial charge in [0, 0.05) is 36.5 Å². The van der Waals surface area contributed by atoms with E-state index in [0.29, 0.717) is 18.9 Å². The summed E-state index contributed by atoms with van der Waals surface area (Å²) in [6.07, 6.45) is 5.79. The van der Waals surface area contributed by atoms with Gasteiger partial charge in [0.1, 0.15) is 12.7 Å². The van der Waals surface area contributed by atoms with Crippen molar-refractivity contribution in [3.8, 4) is 0 Å². The molecule has 1 fully saturated rings. The first-order chi connectivity index (χ1) is 10.2. The highest BCUT2D eigenvalue weighted by molar-refractivity contribution is 7.09.